The van der Waals surface area contributed by atoms with Crippen molar-refractivity contribution in [1.82, 2.24) is 5.32 Å². The van der Waals surface area contributed by atoms with Crippen LogP contribution < -0.4 is 15.0 Å². The lowest BCUT2D eigenvalue weighted by molar-refractivity contribution is -0.131. The topological polar surface area (TPSA) is 75.7 Å². The fraction of sp³-hybridized carbons (Fsp3) is 0.250. The summed E-state index contributed by atoms with van der Waals surface area (Å²) in [7, 11) is 0. The third-order valence-corrected chi connectivity index (χ3v) is 4.21. The molecule has 0 aromatic heterocycles. The summed E-state index contributed by atoms with van der Waals surface area (Å²) in [6, 6.07) is 16.1. The van der Waals surface area contributed by atoms with Crippen LogP contribution in [0.3, 0.4) is 0 Å². The maximum absolute atomic E-state index is 12.4. The summed E-state index contributed by atoms with van der Waals surface area (Å²) >= 11 is 0. The van der Waals surface area contributed by atoms with Crippen LogP contribution >= 0.6 is 0 Å². The molecule has 0 radical (unpaired) electrons. The molecule has 0 bridgehead atoms. The van der Waals surface area contributed by atoms with E-state index in [-0.39, 0.29) is 23.5 Å². The van der Waals surface area contributed by atoms with E-state index in [9.17, 15) is 14.4 Å². The Morgan fingerprint density at radius 1 is 1.12 bits per heavy atom. The average molecular weight is 352 g/mol. The summed E-state index contributed by atoms with van der Waals surface area (Å²) in [5.41, 5.74) is 1.17. The first-order valence-electron chi connectivity index (χ1n) is 8.45. The van der Waals surface area contributed by atoms with E-state index in [0.717, 1.165) is 5.69 Å². The van der Waals surface area contributed by atoms with E-state index < -0.39 is 5.97 Å². The number of para-hydroxylation sites is 2. The number of nitrogens with one attached hydrogen (secondary N) is 1. The Labute approximate surface area is 151 Å². The van der Waals surface area contributed by atoms with E-state index >= 15 is 0 Å². The van der Waals surface area contributed by atoms with Gasteiger partial charge in [0, 0.05) is 38.0 Å². The van der Waals surface area contributed by atoms with Gasteiger partial charge in [0.15, 0.2) is 0 Å². The number of nitrogens with zero attached hydrogens (tertiary/aromatic N) is 1. The molecule has 134 valence electrons. The SMILES string of the molecule is CC(=O)Oc1ccccc1C(=O)NCC1CC(=O)N(c2ccccc2)C1. The minimum absolute atomic E-state index is 0.0348. The van der Waals surface area contributed by atoms with Crippen LogP contribution in [0.2, 0.25) is 0 Å². The van der Waals surface area contributed by atoms with E-state index in [1.165, 1.54) is 6.92 Å². The largest absolute Gasteiger partial charge is 0.426 e. The Bertz CT molecular complexity index is 820. The Kier molecular flexibility index (Phi) is 5.31. The van der Waals surface area contributed by atoms with E-state index in [2.05, 4.69) is 5.32 Å². The van der Waals surface area contributed by atoms with Gasteiger partial charge in [-0.25, -0.2) is 0 Å². The predicted molar refractivity (Wildman–Crippen MR) is 97.0 cm³/mol. The number of carbonyl (C=O) groups is 3. The predicted octanol–water partition coefficient (Wildman–Crippen LogP) is 2.39. The summed E-state index contributed by atoms with van der Waals surface area (Å²) in [5, 5.41) is 2.84. The molecule has 1 fully saturated rings. The normalized spacial score (nSPS) is 16.4. The lowest BCUT2D eigenvalue weighted by Gasteiger charge is -2.17. The van der Waals surface area contributed by atoms with Gasteiger partial charge in [0.1, 0.15) is 5.75 Å². The number of hydrogen-bond acceptors (Lipinski definition) is 4. The third-order valence-electron chi connectivity index (χ3n) is 4.21. The van der Waals surface area contributed by atoms with E-state index in [4.69, 9.17) is 4.74 Å². The zero-order valence-corrected chi connectivity index (χ0v) is 14.5. The molecule has 6 heteroatoms. The summed E-state index contributed by atoms with van der Waals surface area (Å²) in [6.45, 7) is 2.23. The number of carbonyl (C=O) groups excluding carboxylic acids is 3. The number of rotatable bonds is 5. The fourth-order valence-electron chi connectivity index (χ4n) is 3.01. The molecule has 26 heavy (non-hydrogen) atoms. The van der Waals surface area contributed by atoms with Gasteiger partial charge in [0.05, 0.1) is 5.56 Å². The number of anilines is 1. The number of amides is 2. The summed E-state index contributed by atoms with van der Waals surface area (Å²) in [4.78, 5) is 37.6. The average Bonchev–Trinajstić information content (AvgIpc) is 3.01. The van der Waals surface area contributed by atoms with Crippen LogP contribution in [-0.2, 0) is 9.59 Å². The molecule has 2 aromatic rings. The van der Waals surface area contributed by atoms with Crippen LogP contribution in [0.25, 0.3) is 0 Å². The van der Waals surface area contributed by atoms with Crippen LogP contribution in [0.5, 0.6) is 5.75 Å². The lowest BCUT2D eigenvalue weighted by Crippen LogP contribution is -2.31. The molecule has 1 unspecified atom stereocenters. The number of benzene rings is 2. The summed E-state index contributed by atoms with van der Waals surface area (Å²) in [5.74, 6) is -0.494. The molecule has 3 rings (SSSR count). The molecule has 2 amide bonds. The Hall–Kier alpha value is -3.15. The third kappa shape index (κ3) is 4.08. The van der Waals surface area contributed by atoms with Gasteiger partial charge in [-0.1, -0.05) is 30.3 Å². The van der Waals surface area contributed by atoms with Crippen molar-refractivity contribution in [2.45, 2.75) is 13.3 Å². The van der Waals surface area contributed by atoms with Crippen molar-refractivity contribution < 1.29 is 19.1 Å². The second-order valence-corrected chi connectivity index (χ2v) is 6.21. The maximum Gasteiger partial charge on any atom is 0.308 e. The minimum Gasteiger partial charge on any atom is -0.426 e. The summed E-state index contributed by atoms with van der Waals surface area (Å²) < 4.78 is 5.07. The van der Waals surface area contributed by atoms with Crippen LogP contribution in [0.15, 0.2) is 54.6 Å². The highest BCUT2D eigenvalue weighted by Gasteiger charge is 2.30. The van der Waals surface area contributed by atoms with Crippen LogP contribution in [-0.4, -0.2) is 30.9 Å². The van der Waals surface area contributed by atoms with Crippen LogP contribution in [0, 0.1) is 5.92 Å². The van der Waals surface area contributed by atoms with E-state index in [0.29, 0.717) is 25.1 Å². The van der Waals surface area contributed by atoms with Crippen molar-refractivity contribution in [2.75, 3.05) is 18.0 Å². The van der Waals surface area contributed by atoms with Crippen molar-refractivity contribution in [2.24, 2.45) is 5.92 Å². The first-order valence-corrected chi connectivity index (χ1v) is 8.45. The highest BCUT2D eigenvalue weighted by Crippen LogP contribution is 2.24. The van der Waals surface area contributed by atoms with Gasteiger partial charge in [-0.15, -0.1) is 0 Å². The van der Waals surface area contributed by atoms with Crippen LogP contribution in [0.1, 0.15) is 23.7 Å². The van der Waals surface area contributed by atoms with Gasteiger partial charge >= 0.3 is 5.97 Å². The van der Waals surface area contributed by atoms with E-state index in [1.54, 1.807) is 29.2 Å². The Morgan fingerprint density at radius 3 is 2.54 bits per heavy atom. The number of ether oxygens (including phenoxy) is 1. The van der Waals surface area contributed by atoms with Crippen molar-refractivity contribution in [1.29, 1.82) is 0 Å². The maximum atomic E-state index is 12.4. The lowest BCUT2D eigenvalue weighted by atomic mass is 10.1. The Balaban J connectivity index is 1.61. The smallest absolute Gasteiger partial charge is 0.308 e. The number of hydrogen-bond donors (Lipinski definition) is 1. The van der Waals surface area contributed by atoms with Gasteiger partial charge in [0.25, 0.3) is 5.91 Å². The molecule has 1 atom stereocenters. The summed E-state index contributed by atoms with van der Waals surface area (Å²) in [6.07, 6.45) is 0.390. The van der Waals surface area contributed by atoms with Crippen molar-refractivity contribution in [3.63, 3.8) is 0 Å². The number of esters is 1. The molecular weight excluding hydrogens is 332 g/mol. The van der Waals surface area contributed by atoms with Crippen LogP contribution in [0.4, 0.5) is 5.69 Å². The van der Waals surface area contributed by atoms with Crippen molar-refractivity contribution >= 4 is 23.5 Å². The second kappa shape index (κ2) is 7.82. The molecule has 1 heterocycles. The van der Waals surface area contributed by atoms with Gasteiger partial charge in [-0.05, 0) is 24.3 Å². The molecule has 2 aromatic carbocycles. The Morgan fingerprint density at radius 2 is 1.81 bits per heavy atom. The highest BCUT2D eigenvalue weighted by molar-refractivity contribution is 5.98. The van der Waals surface area contributed by atoms with Gasteiger partial charge in [0.2, 0.25) is 5.91 Å². The molecule has 0 aliphatic carbocycles. The van der Waals surface area contributed by atoms with Gasteiger partial charge < -0.3 is 15.0 Å². The monoisotopic (exact) mass is 352 g/mol. The zero-order valence-electron chi connectivity index (χ0n) is 14.5. The molecule has 0 saturated carbocycles. The molecule has 1 aliphatic rings. The van der Waals surface area contributed by atoms with E-state index in [1.807, 2.05) is 30.3 Å². The van der Waals surface area contributed by atoms with Gasteiger partial charge in [-0.2, -0.15) is 0 Å². The molecular formula is C20H20N2O4. The van der Waals surface area contributed by atoms with Crippen molar-refractivity contribution in [3.8, 4) is 5.75 Å². The molecule has 1 N–H and O–H groups in total. The molecule has 1 aliphatic heterocycles. The fourth-order valence-corrected chi connectivity index (χ4v) is 3.01. The van der Waals surface area contributed by atoms with Gasteiger partial charge in [-0.3, -0.25) is 14.4 Å². The highest BCUT2D eigenvalue weighted by atomic mass is 16.5. The zero-order chi connectivity index (χ0) is 18.5. The quantitative estimate of drug-likeness (QED) is 0.662. The standard InChI is InChI=1S/C20H20N2O4/c1-14(23)26-18-10-6-5-9-17(18)20(25)21-12-15-11-19(24)22(13-15)16-7-3-2-4-8-16/h2-10,15H,11-13H2,1H3,(H,21,25). The second-order valence-electron chi connectivity index (χ2n) is 6.21. The first-order chi connectivity index (χ1) is 12.5. The minimum atomic E-state index is -0.481. The molecule has 6 nitrogen and oxygen atoms in total. The van der Waals surface area contributed by atoms with Crippen molar-refractivity contribution in [3.05, 3.63) is 60.2 Å². The molecule has 1 saturated heterocycles. The first kappa shape index (κ1) is 17.7. The molecule has 0 spiro atoms.